The van der Waals surface area contributed by atoms with Gasteiger partial charge in [-0.2, -0.15) is 0 Å². The molecule has 0 bridgehead atoms. The third-order valence-corrected chi connectivity index (χ3v) is 6.29. The number of likely N-dealkylation sites (N-methyl/N-ethyl adjacent to an activating group) is 1. The van der Waals surface area contributed by atoms with Crippen LogP contribution in [0.3, 0.4) is 0 Å². The molecule has 1 aliphatic rings. The Hall–Kier alpha value is -0.610. The van der Waals surface area contributed by atoms with Gasteiger partial charge in [0.05, 0.1) is 0 Å². The molecule has 0 amide bonds. The Morgan fingerprint density at radius 1 is 1.03 bits per heavy atom. The zero-order valence-electron chi connectivity index (χ0n) is 19.8. The smallest absolute Gasteiger partial charge is 0.305 e. The first-order chi connectivity index (χ1) is 13.9. The minimum Gasteiger partial charge on any atom is -0.463 e. The summed E-state index contributed by atoms with van der Waals surface area (Å²) in [6.45, 7) is 5.37. The van der Waals surface area contributed by atoms with Crippen molar-refractivity contribution in [2.24, 2.45) is 17.8 Å². The van der Waals surface area contributed by atoms with E-state index in [1.165, 1.54) is 70.6 Å². The summed E-state index contributed by atoms with van der Waals surface area (Å²) in [6, 6.07) is 0. The molecule has 29 heavy (non-hydrogen) atoms. The van der Waals surface area contributed by atoms with Crippen LogP contribution in [-0.4, -0.2) is 49.3 Å². The monoisotopic (exact) mass is 411 g/mol. The van der Waals surface area contributed by atoms with Gasteiger partial charge < -0.3 is 14.7 Å². The van der Waals surface area contributed by atoms with E-state index in [9.17, 15) is 9.90 Å². The molecule has 0 aromatic carbocycles. The summed E-state index contributed by atoms with van der Waals surface area (Å²) >= 11 is 0. The quantitative estimate of drug-likeness (QED) is 0.215. The number of aliphatic hydroxyl groups is 1. The Balaban J connectivity index is 1.87. The van der Waals surface area contributed by atoms with Gasteiger partial charge in [-0.05, 0) is 51.1 Å². The van der Waals surface area contributed by atoms with Gasteiger partial charge in [-0.1, -0.05) is 78.1 Å². The molecule has 172 valence electrons. The van der Waals surface area contributed by atoms with E-state index in [0.29, 0.717) is 13.0 Å². The molecule has 1 rings (SSSR count). The van der Waals surface area contributed by atoms with Gasteiger partial charge in [0.2, 0.25) is 0 Å². The molecule has 4 unspecified atom stereocenters. The largest absolute Gasteiger partial charge is 0.463 e. The number of rotatable bonds is 19. The van der Waals surface area contributed by atoms with Gasteiger partial charge in [-0.3, -0.25) is 4.79 Å². The van der Waals surface area contributed by atoms with Gasteiger partial charge >= 0.3 is 5.97 Å². The second-order valence-corrected chi connectivity index (χ2v) is 9.85. The Kier molecular flexibility index (Phi) is 14.7. The van der Waals surface area contributed by atoms with E-state index in [4.69, 9.17) is 4.74 Å². The number of hydrogen-bond donors (Lipinski definition) is 1. The van der Waals surface area contributed by atoms with E-state index < -0.39 is 6.10 Å². The highest BCUT2D eigenvalue weighted by atomic mass is 16.5. The summed E-state index contributed by atoms with van der Waals surface area (Å²) < 4.78 is 5.14. The van der Waals surface area contributed by atoms with Crippen LogP contribution in [0.15, 0.2) is 0 Å². The van der Waals surface area contributed by atoms with Crippen LogP contribution in [0.4, 0.5) is 0 Å². The van der Waals surface area contributed by atoms with Crippen molar-refractivity contribution in [1.82, 2.24) is 4.90 Å². The minimum atomic E-state index is -0.593. The van der Waals surface area contributed by atoms with Gasteiger partial charge in [0, 0.05) is 13.0 Å². The molecule has 1 aliphatic carbocycles. The summed E-state index contributed by atoms with van der Waals surface area (Å²) in [5, 5.41) is 9.69. The molecule has 0 saturated heterocycles. The van der Waals surface area contributed by atoms with Crippen LogP contribution in [-0.2, 0) is 9.53 Å². The van der Waals surface area contributed by atoms with E-state index in [-0.39, 0.29) is 12.6 Å². The van der Waals surface area contributed by atoms with Crippen LogP contribution in [0.5, 0.6) is 0 Å². The maximum Gasteiger partial charge on any atom is 0.305 e. The molecule has 4 atom stereocenters. The van der Waals surface area contributed by atoms with Crippen molar-refractivity contribution < 1.29 is 14.6 Å². The zero-order valence-corrected chi connectivity index (χ0v) is 19.8. The lowest BCUT2D eigenvalue weighted by atomic mass is 9.95. The Labute approximate surface area is 180 Å². The highest BCUT2D eigenvalue weighted by Gasteiger charge is 2.36. The fourth-order valence-corrected chi connectivity index (χ4v) is 4.45. The highest BCUT2D eigenvalue weighted by molar-refractivity contribution is 5.69. The van der Waals surface area contributed by atoms with E-state index in [0.717, 1.165) is 30.6 Å². The summed E-state index contributed by atoms with van der Waals surface area (Å²) in [6.07, 6.45) is 17.2. The third-order valence-electron chi connectivity index (χ3n) is 6.29. The molecule has 0 aromatic rings. The van der Waals surface area contributed by atoms with Gasteiger partial charge in [-0.25, -0.2) is 0 Å². The van der Waals surface area contributed by atoms with Crippen molar-refractivity contribution in [1.29, 1.82) is 0 Å². The lowest BCUT2D eigenvalue weighted by Gasteiger charge is -2.15. The summed E-state index contributed by atoms with van der Waals surface area (Å²) in [4.78, 5) is 13.6. The van der Waals surface area contributed by atoms with Crippen LogP contribution in [0, 0.1) is 17.8 Å². The van der Waals surface area contributed by atoms with E-state index in [2.05, 4.69) is 13.8 Å². The van der Waals surface area contributed by atoms with Crippen molar-refractivity contribution in [3.05, 3.63) is 0 Å². The maximum atomic E-state index is 11.7. The van der Waals surface area contributed by atoms with Crippen LogP contribution in [0.25, 0.3) is 0 Å². The number of hydrogen-bond acceptors (Lipinski definition) is 4. The number of ether oxygens (including phenoxy) is 1. The fraction of sp³-hybridized carbons (Fsp3) is 0.960. The molecule has 4 nitrogen and oxygen atoms in total. The predicted octanol–water partition coefficient (Wildman–Crippen LogP) is 5.82. The number of nitrogens with zero attached hydrogens (tertiary/aromatic N) is 1. The maximum absolute atomic E-state index is 11.7. The van der Waals surface area contributed by atoms with Crippen LogP contribution >= 0.6 is 0 Å². The fourth-order valence-electron chi connectivity index (χ4n) is 4.45. The van der Waals surface area contributed by atoms with E-state index >= 15 is 0 Å². The van der Waals surface area contributed by atoms with Gasteiger partial charge in [0.1, 0.15) is 12.7 Å². The van der Waals surface area contributed by atoms with Crippen molar-refractivity contribution in [3.63, 3.8) is 0 Å². The van der Waals surface area contributed by atoms with Crippen molar-refractivity contribution in [3.8, 4) is 0 Å². The minimum absolute atomic E-state index is 0.108. The molecule has 1 fully saturated rings. The molecule has 1 N–H and O–H groups in total. The first-order valence-electron chi connectivity index (χ1n) is 12.4. The van der Waals surface area contributed by atoms with Crippen LogP contribution < -0.4 is 0 Å². The van der Waals surface area contributed by atoms with Crippen LogP contribution in [0.2, 0.25) is 0 Å². The Morgan fingerprint density at radius 3 is 2.45 bits per heavy atom. The molecular formula is C25H49NO3. The topological polar surface area (TPSA) is 49.8 Å². The molecule has 4 heteroatoms. The zero-order chi connectivity index (χ0) is 21.5. The van der Waals surface area contributed by atoms with Gasteiger partial charge in [-0.15, -0.1) is 0 Å². The lowest BCUT2D eigenvalue weighted by Crippen LogP contribution is -2.30. The number of aliphatic hydroxyl groups excluding tert-OH is 1. The average Bonchev–Trinajstić information content (AvgIpc) is 3.39. The van der Waals surface area contributed by atoms with Gasteiger partial charge in [0.25, 0.3) is 0 Å². The summed E-state index contributed by atoms with van der Waals surface area (Å²) in [5.74, 6) is 2.78. The SMILES string of the molecule is CCCCCCC(C)CC1CC1CCCCCCCC(=O)OCC(O)CN(C)C. The first kappa shape index (κ1) is 26.4. The standard InChI is InChI=1S/C25H49NO3/c1-5-6-7-11-14-21(2)17-23-18-22(23)15-12-9-8-10-13-16-25(28)29-20-24(27)19-26(3)4/h21-24,27H,5-20H2,1-4H3. The normalized spacial score (nSPS) is 20.6. The molecule has 0 radical (unpaired) electrons. The first-order valence-corrected chi connectivity index (χ1v) is 12.4. The highest BCUT2D eigenvalue weighted by Crippen LogP contribution is 2.46. The predicted molar refractivity (Wildman–Crippen MR) is 122 cm³/mol. The van der Waals surface area contributed by atoms with Crippen molar-refractivity contribution in [2.45, 2.75) is 110 Å². The Morgan fingerprint density at radius 2 is 1.72 bits per heavy atom. The van der Waals surface area contributed by atoms with E-state index in [1.807, 2.05) is 19.0 Å². The molecular weight excluding hydrogens is 362 g/mol. The van der Waals surface area contributed by atoms with Crippen molar-refractivity contribution in [2.75, 3.05) is 27.2 Å². The molecule has 0 aliphatic heterocycles. The summed E-state index contributed by atoms with van der Waals surface area (Å²) in [5.41, 5.74) is 0. The number of carbonyl (C=O) groups is 1. The molecule has 0 spiro atoms. The lowest BCUT2D eigenvalue weighted by molar-refractivity contribution is -0.147. The number of unbranched alkanes of at least 4 members (excludes halogenated alkanes) is 7. The molecule has 1 saturated carbocycles. The number of carbonyl (C=O) groups excluding carboxylic acids is 1. The second kappa shape index (κ2) is 16.1. The Bertz CT molecular complexity index is 413. The number of esters is 1. The van der Waals surface area contributed by atoms with Crippen LogP contribution in [0.1, 0.15) is 104 Å². The van der Waals surface area contributed by atoms with Crippen molar-refractivity contribution >= 4 is 5.97 Å². The average molecular weight is 412 g/mol. The summed E-state index contributed by atoms with van der Waals surface area (Å²) in [7, 11) is 3.79. The van der Waals surface area contributed by atoms with E-state index in [1.54, 1.807) is 0 Å². The second-order valence-electron chi connectivity index (χ2n) is 9.85. The third kappa shape index (κ3) is 14.9. The molecule has 0 aromatic heterocycles. The molecule has 0 heterocycles. The van der Waals surface area contributed by atoms with Gasteiger partial charge in [0.15, 0.2) is 0 Å².